The first-order chi connectivity index (χ1) is 10.2. The van der Waals surface area contributed by atoms with Crippen molar-refractivity contribution in [2.45, 2.75) is 32.7 Å². The van der Waals surface area contributed by atoms with Crippen LogP contribution in [0.2, 0.25) is 0 Å². The molecule has 21 heavy (non-hydrogen) atoms. The Morgan fingerprint density at radius 2 is 2.33 bits per heavy atom. The van der Waals surface area contributed by atoms with Gasteiger partial charge in [0, 0.05) is 36.1 Å². The molecule has 0 spiro atoms. The summed E-state index contributed by atoms with van der Waals surface area (Å²) in [5.74, 6) is 0.707. The molecule has 2 aromatic rings. The first-order valence-electron chi connectivity index (χ1n) is 7.53. The molecule has 5 heteroatoms. The zero-order chi connectivity index (χ0) is 14.7. The first kappa shape index (κ1) is 14.5. The Morgan fingerprint density at radius 1 is 1.43 bits per heavy atom. The molecule has 1 aliphatic heterocycles. The van der Waals surface area contributed by atoms with Gasteiger partial charge in [0.2, 0.25) is 0 Å². The number of hydrogen-bond acceptors (Lipinski definition) is 5. The van der Waals surface area contributed by atoms with Crippen LogP contribution in [0, 0.1) is 12.8 Å². The Labute approximate surface area is 130 Å². The standard InChI is InChI=1S/C16H22N4S/c1-12-4-5-18-14(7-12)8-13-3-2-6-20(10-13)11-15-9-19-16(17)21-15/h4-5,7,9,13H,2-3,6,8,10-11H2,1H3,(H2,17,19). The van der Waals surface area contributed by atoms with E-state index >= 15 is 0 Å². The molecule has 1 unspecified atom stereocenters. The van der Waals surface area contributed by atoms with Gasteiger partial charge in [0.25, 0.3) is 0 Å². The van der Waals surface area contributed by atoms with Gasteiger partial charge in [0.1, 0.15) is 0 Å². The van der Waals surface area contributed by atoms with Crippen molar-refractivity contribution in [1.82, 2.24) is 14.9 Å². The molecule has 2 N–H and O–H groups in total. The number of thiazole rings is 1. The third kappa shape index (κ3) is 4.02. The molecule has 1 atom stereocenters. The fraction of sp³-hybridized carbons (Fsp3) is 0.500. The molecule has 3 rings (SSSR count). The van der Waals surface area contributed by atoms with E-state index in [1.165, 1.54) is 35.5 Å². The molecule has 4 nitrogen and oxygen atoms in total. The van der Waals surface area contributed by atoms with E-state index in [2.05, 4.69) is 33.9 Å². The van der Waals surface area contributed by atoms with Gasteiger partial charge in [-0.25, -0.2) is 4.98 Å². The third-order valence-electron chi connectivity index (χ3n) is 4.02. The lowest BCUT2D eigenvalue weighted by molar-refractivity contribution is 0.167. The highest BCUT2D eigenvalue weighted by atomic mass is 32.1. The Kier molecular flexibility index (Phi) is 4.51. The maximum Gasteiger partial charge on any atom is 0.180 e. The van der Waals surface area contributed by atoms with Crippen LogP contribution in [0.5, 0.6) is 0 Å². The number of nitrogens with two attached hydrogens (primary N) is 1. The maximum atomic E-state index is 5.71. The zero-order valence-electron chi connectivity index (χ0n) is 12.5. The van der Waals surface area contributed by atoms with Gasteiger partial charge in [-0.05, 0) is 56.3 Å². The number of piperidine rings is 1. The van der Waals surface area contributed by atoms with Gasteiger partial charge in [-0.3, -0.25) is 9.88 Å². The number of rotatable bonds is 4. The molecule has 0 aromatic carbocycles. The van der Waals surface area contributed by atoms with E-state index in [9.17, 15) is 0 Å². The largest absolute Gasteiger partial charge is 0.375 e. The van der Waals surface area contributed by atoms with Crippen LogP contribution in [0.3, 0.4) is 0 Å². The topological polar surface area (TPSA) is 55.0 Å². The summed E-state index contributed by atoms with van der Waals surface area (Å²) in [4.78, 5) is 12.4. The highest BCUT2D eigenvalue weighted by Crippen LogP contribution is 2.24. The molecular formula is C16H22N4S. The lowest BCUT2D eigenvalue weighted by Crippen LogP contribution is -2.35. The Morgan fingerprint density at radius 3 is 3.10 bits per heavy atom. The molecular weight excluding hydrogens is 280 g/mol. The van der Waals surface area contributed by atoms with Crippen LogP contribution in [0.1, 0.15) is 29.0 Å². The van der Waals surface area contributed by atoms with Crippen molar-refractivity contribution in [2.24, 2.45) is 5.92 Å². The number of anilines is 1. The van der Waals surface area contributed by atoms with Gasteiger partial charge in [0.15, 0.2) is 5.13 Å². The predicted molar refractivity (Wildman–Crippen MR) is 87.2 cm³/mol. The summed E-state index contributed by atoms with van der Waals surface area (Å²) in [7, 11) is 0. The van der Waals surface area contributed by atoms with E-state index < -0.39 is 0 Å². The van der Waals surface area contributed by atoms with Gasteiger partial charge in [-0.15, -0.1) is 11.3 Å². The lowest BCUT2D eigenvalue weighted by Gasteiger charge is -2.32. The molecule has 0 aliphatic carbocycles. The van der Waals surface area contributed by atoms with Crippen LogP contribution in [0.25, 0.3) is 0 Å². The van der Waals surface area contributed by atoms with Crippen molar-refractivity contribution in [3.8, 4) is 0 Å². The molecule has 2 aromatic heterocycles. The van der Waals surface area contributed by atoms with E-state index in [0.29, 0.717) is 11.0 Å². The van der Waals surface area contributed by atoms with Gasteiger partial charge >= 0.3 is 0 Å². The fourth-order valence-corrected chi connectivity index (χ4v) is 3.81. The third-order valence-corrected chi connectivity index (χ3v) is 4.84. The predicted octanol–water partition coefficient (Wildman–Crippen LogP) is 2.88. The molecule has 1 saturated heterocycles. The summed E-state index contributed by atoms with van der Waals surface area (Å²) in [5.41, 5.74) is 8.23. The van der Waals surface area contributed by atoms with Crippen molar-refractivity contribution >= 4 is 16.5 Å². The van der Waals surface area contributed by atoms with Crippen molar-refractivity contribution in [3.63, 3.8) is 0 Å². The molecule has 3 heterocycles. The van der Waals surface area contributed by atoms with Crippen molar-refractivity contribution in [2.75, 3.05) is 18.8 Å². The van der Waals surface area contributed by atoms with E-state index in [1.54, 1.807) is 11.3 Å². The summed E-state index contributed by atoms with van der Waals surface area (Å²) >= 11 is 1.60. The van der Waals surface area contributed by atoms with E-state index in [0.717, 1.165) is 19.5 Å². The second-order valence-corrected chi connectivity index (χ2v) is 7.08. The molecule has 112 valence electrons. The minimum Gasteiger partial charge on any atom is -0.375 e. The lowest BCUT2D eigenvalue weighted by atomic mass is 9.93. The minimum atomic E-state index is 0.669. The summed E-state index contributed by atoms with van der Waals surface area (Å²) in [6.07, 6.45) is 7.49. The number of hydrogen-bond donors (Lipinski definition) is 1. The van der Waals surface area contributed by atoms with Crippen LogP contribution in [-0.4, -0.2) is 28.0 Å². The van der Waals surface area contributed by atoms with E-state index in [-0.39, 0.29) is 0 Å². The number of aromatic nitrogens is 2. The number of nitrogen functional groups attached to an aromatic ring is 1. The highest BCUT2D eigenvalue weighted by molar-refractivity contribution is 7.15. The average Bonchev–Trinajstić information content (AvgIpc) is 2.84. The molecule has 0 amide bonds. The number of nitrogens with zero attached hydrogens (tertiary/aromatic N) is 3. The summed E-state index contributed by atoms with van der Waals surface area (Å²) in [6, 6.07) is 4.27. The van der Waals surface area contributed by atoms with Gasteiger partial charge in [0.05, 0.1) is 0 Å². The first-order valence-corrected chi connectivity index (χ1v) is 8.35. The van der Waals surface area contributed by atoms with Crippen molar-refractivity contribution in [3.05, 3.63) is 40.7 Å². The normalized spacial score (nSPS) is 19.8. The van der Waals surface area contributed by atoms with Crippen molar-refractivity contribution < 1.29 is 0 Å². The Balaban J connectivity index is 1.58. The summed E-state index contributed by atoms with van der Waals surface area (Å²) in [6.45, 7) is 5.43. The molecule has 0 saturated carbocycles. The fourth-order valence-electron chi connectivity index (χ4n) is 3.08. The summed E-state index contributed by atoms with van der Waals surface area (Å²) in [5, 5.41) is 0.669. The summed E-state index contributed by atoms with van der Waals surface area (Å²) < 4.78 is 0. The average molecular weight is 302 g/mol. The Bertz CT molecular complexity index is 595. The molecule has 0 radical (unpaired) electrons. The number of aryl methyl sites for hydroxylation is 1. The van der Waals surface area contributed by atoms with Gasteiger partial charge in [-0.2, -0.15) is 0 Å². The Hall–Kier alpha value is -1.46. The van der Waals surface area contributed by atoms with E-state index in [1.807, 2.05) is 12.4 Å². The molecule has 1 fully saturated rings. The van der Waals surface area contributed by atoms with Crippen molar-refractivity contribution in [1.29, 1.82) is 0 Å². The monoisotopic (exact) mass is 302 g/mol. The second kappa shape index (κ2) is 6.54. The SMILES string of the molecule is Cc1ccnc(CC2CCCN(Cc3cnc(N)s3)C2)c1. The molecule has 1 aliphatic rings. The smallest absolute Gasteiger partial charge is 0.180 e. The highest BCUT2D eigenvalue weighted by Gasteiger charge is 2.21. The van der Waals surface area contributed by atoms with Crippen LogP contribution < -0.4 is 5.73 Å². The maximum absolute atomic E-state index is 5.71. The van der Waals surface area contributed by atoms with Gasteiger partial charge < -0.3 is 5.73 Å². The number of likely N-dealkylation sites (tertiary alicyclic amines) is 1. The van der Waals surface area contributed by atoms with E-state index in [4.69, 9.17) is 5.73 Å². The van der Waals surface area contributed by atoms with Crippen LogP contribution in [-0.2, 0) is 13.0 Å². The quantitative estimate of drug-likeness (QED) is 0.943. The molecule has 0 bridgehead atoms. The van der Waals surface area contributed by atoms with Crippen LogP contribution in [0.4, 0.5) is 5.13 Å². The minimum absolute atomic E-state index is 0.669. The van der Waals surface area contributed by atoms with Gasteiger partial charge in [-0.1, -0.05) is 0 Å². The van der Waals surface area contributed by atoms with Crippen LogP contribution in [0.15, 0.2) is 24.5 Å². The number of pyridine rings is 1. The second-order valence-electron chi connectivity index (χ2n) is 5.94. The zero-order valence-corrected chi connectivity index (χ0v) is 13.3. The van der Waals surface area contributed by atoms with Crippen LogP contribution >= 0.6 is 11.3 Å².